The number of aromatic nitrogens is 2. The van der Waals surface area contributed by atoms with E-state index in [1.807, 2.05) is 6.92 Å². The number of nitrogens with zero attached hydrogens (tertiary/aromatic N) is 2. The Balaban J connectivity index is 2.37. The molecule has 0 spiro atoms. The van der Waals surface area contributed by atoms with Crippen molar-refractivity contribution < 1.29 is 9.53 Å². The third-order valence-corrected chi connectivity index (χ3v) is 5.25. The minimum absolute atomic E-state index is 0.0104. The molecule has 0 unspecified atom stereocenters. The monoisotopic (exact) mass is 491 g/mol. The molecule has 2 rings (SSSR count). The molecule has 1 heterocycles. The maximum Gasteiger partial charge on any atom is 0.330 e. The van der Waals surface area contributed by atoms with Gasteiger partial charge < -0.3 is 20.7 Å². The summed E-state index contributed by atoms with van der Waals surface area (Å²) in [7, 11) is 1.49. The molecular weight excluding hydrogens is 469 g/mol. The smallest absolute Gasteiger partial charge is 0.330 e. The predicted molar refractivity (Wildman–Crippen MR) is 125 cm³/mol. The number of rotatable bonds is 10. The number of carbonyl (C=O) groups excluding carboxylic acids is 1. The quantitative estimate of drug-likeness (QED) is 0.469. The number of H-pyrrole nitrogens is 1. The normalized spacial score (nSPS) is 10.9. The SMILES string of the molecule is CCCCn1c(N)c(N(CCOC)CC(=O)Nc2c(Cl)cc(Cl)cc2Cl)c(=O)[nH]c1=O. The lowest BCUT2D eigenvalue weighted by atomic mass is 10.3. The summed E-state index contributed by atoms with van der Waals surface area (Å²) in [5, 5.41) is 3.27. The van der Waals surface area contributed by atoms with Crippen molar-refractivity contribution in [2.24, 2.45) is 0 Å². The molecular formula is C19H24Cl3N5O4. The van der Waals surface area contributed by atoms with Crippen LogP contribution >= 0.6 is 34.8 Å². The standard InChI is InChI=1S/C19H24Cl3N5O4/c1-3-4-5-27-17(23)16(18(29)25-19(27)30)26(6-7-31-2)10-14(28)24-15-12(21)8-11(20)9-13(15)22/h8-9H,3-7,10,23H2,1-2H3,(H,24,28)(H,25,29,30). The first-order valence-corrected chi connectivity index (χ1v) is 10.6. The van der Waals surface area contributed by atoms with Crippen LogP contribution in [0.4, 0.5) is 17.2 Å². The number of methoxy groups -OCH3 is 1. The van der Waals surface area contributed by atoms with Crippen LogP contribution in [0, 0.1) is 0 Å². The fourth-order valence-electron chi connectivity index (χ4n) is 2.91. The first-order chi connectivity index (χ1) is 14.7. The maximum absolute atomic E-state index is 12.7. The molecule has 12 heteroatoms. The van der Waals surface area contributed by atoms with Crippen molar-refractivity contribution in [1.82, 2.24) is 9.55 Å². The molecule has 0 aliphatic rings. The number of halogens is 3. The molecule has 1 amide bonds. The summed E-state index contributed by atoms with van der Waals surface area (Å²) in [4.78, 5) is 41.2. The number of hydrogen-bond donors (Lipinski definition) is 3. The largest absolute Gasteiger partial charge is 0.383 e. The van der Waals surface area contributed by atoms with Gasteiger partial charge in [-0.15, -0.1) is 0 Å². The number of amides is 1. The van der Waals surface area contributed by atoms with Gasteiger partial charge >= 0.3 is 5.69 Å². The summed E-state index contributed by atoms with van der Waals surface area (Å²) < 4.78 is 6.37. The Labute approximate surface area is 194 Å². The van der Waals surface area contributed by atoms with Crippen molar-refractivity contribution in [3.05, 3.63) is 48.0 Å². The number of ether oxygens (including phenoxy) is 1. The molecule has 0 aliphatic carbocycles. The van der Waals surface area contributed by atoms with Gasteiger partial charge in [0.25, 0.3) is 5.56 Å². The topological polar surface area (TPSA) is 122 Å². The van der Waals surface area contributed by atoms with Crippen LogP contribution in [0.3, 0.4) is 0 Å². The van der Waals surface area contributed by atoms with Gasteiger partial charge in [0.15, 0.2) is 0 Å². The maximum atomic E-state index is 12.7. The summed E-state index contributed by atoms with van der Waals surface area (Å²) in [6, 6.07) is 2.89. The van der Waals surface area contributed by atoms with Gasteiger partial charge in [0.2, 0.25) is 5.91 Å². The van der Waals surface area contributed by atoms with Crippen LogP contribution in [0.25, 0.3) is 0 Å². The molecule has 0 atom stereocenters. The molecule has 2 aromatic rings. The molecule has 170 valence electrons. The highest BCUT2D eigenvalue weighted by Gasteiger charge is 2.22. The number of anilines is 3. The molecule has 4 N–H and O–H groups in total. The summed E-state index contributed by atoms with van der Waals surface area (Å²) in [6.07, 6.45) is 1.53. The Morgan fingerprint density at radius 2 is 1.90 bits per heavy atom. The average Bonchev–Trinajstić information content (AvgIpc) is 2.68. The number of hydrogen-bond acceptors (Lipinski definition) is 6. The van der Waals surface area contributed by atoms with Crippen LogP contribution in [-0.4, -0.2) is 42.3 Å². The first-order valence-electron chi connectivity index (χ1n) is 9.50. The van der Waals surface area contributed by atoms with E-state index in [2.05, 4.69) is 10.3 Å². The van der Waals surface area contributed by atoms with Gasteiger partial charge in [0.05, 0.1) is 28.9 Å². The average molecular weight is 493 g/mol. The van der Waals surface area contributed by atoms with E-state index in [0.29, 0.717) is 18.0 Å². The lowest BCUT2D eigenvalue weighted by Crippen LogP contribution is -2.42. The fourth-order valence-corrected chi connectivity index (χ4v) is 3.82. The van der Waals surface area contributed by atoms with E-state index in [1.54, 1.807) is 0 Å². The molecule has 0 fully saturated rings. The number of aromatic amines is 1. The molecule has 0 radical (unpaired) electrons. The zero-order chi connectivity index (χ0) is 23.1. The van der Waals surface area contributed by atoms with Gasteiger partial charge in [-0.3, -0.25) is 19.1 Å². The second-order valence-corrected chi connectivity index (χ2v) is 7.96. The number of benzene rings is 1. The molecule has 0 bridgehead atoms. The van der Waals surface area contributed by atoms with Crippen molar-refractivity contribution in [3.63, 3.8) is 0 Å². The summed E-state index contributed by atoms with van der Waals surface area (Å²) in [5.74, 6) is -0.527. The number of unbranched alkanes of at least 4 members (excludes halogenated alkanes) is 1. The van der Waals surface area contributed by atoms with Crippen LogP contribution in [0.5, 0.6) is 0 Å². The lowest BCUT2D eigenvalue weighted by molar-refractivity contribution is -0.115. The highest BCUT2D eigenvalue weighted by molar-refractivity contribution is 6.42. The second-order valence-electron chi connectivity index (χ2n) is 6.71. The minimum atomic E-state index is -0.693. The lowest BCUT2D eigenvalue weighted by Gasteiger charge is -2.25. The highest BCUT2D eigenvalue weighted by Crippen LogP contribution is 2.33. The number of nitrogens with one attached hydrogen (secondary N) is 2. The van der Waals surface area contributed by atoms with E-state index >= 15 is 0 Å². The number of nitrogen functional groups attached to an aromatic ring is 1. The molecule has 0 saturated carbocycles. The highest BCUT2D eigenvalue weighted by atomic mass is 35.5. The van der Waals surface area contributed by atoms with Crippen molar-refractivity contribution in [2.45, 2.75) is 26.3 Å². The number of carbonyl (C=O) groups is 1. The zero-order valence-corrected chi connectivity index (χ0v) is 19.4. The summed E-state index contributed by atoms with van der Waals surface area (Å²) in [5.41, 5.74) is 5.07. The van der Waals surface area contributed by atoms with E-state index in [9.17, 15) is 14.4 Å². The van der Waals surface area contributed by atoms with Gasteiger partial charge in [-0.05, 0) is 18.6 Å². The van der Waals surface area contributed by atoms with Crippen molar-refractivity contribution in [2.75, 3.05) is 42.8 Å². The van der Waals surface area contributed by atoms with Crippen LogP contribution in [0.2, 0.25) is 15.1 Å². The number of nitrogens with two attached hydrogens (primary N) is 1. The van der Waals surface area contributed by atoms with Gasteiger partial charge in [-0.2, -0.15) is 0 Å². The van der Waals surface area contributed by atoms with Gasteiger partial charge in [-0.25, -0.2) is 4.79 Å². The Kier molecular flexibility index (Phi) is 9.24. The van der Waals surface area contributed by atoms with Gasteiger partial charge in [-0.1, -0.05) is 48.1 Å². The van der Waals surface area contributed by atoms with Crippen LogP contribution < -0.4 is 27.2 Å². The molecule has 1 aromatic carbocycles. The van der Waals surface area contributed by atoms with E-state index in [4.69, 9.17) is 45.3 Å². The van der Waals surface area contributed by atoms with Crippen molar-refractivity contribution in [1.29, 1.82) is 0 Å². The molecule has 9 nitrogen and oxygen atoms in total. The summed E-state index contributed by atoms with van der Waals surface area (Å²) >= 11 is 18.1. The Morgan fingerprint density at radius 3 is 2.48 bits per heavy atom. The molecule has 0 aliphatic heterocycles. The fraction of sp³-hybridized carbons (Fsp3) is 0.421. The second kappa shape index (κ2) is 11.4. The summed E-state index contributed by atoms with van der Waals surface area (Å²) in [6.45, 7) is 2.42. The Hall–Kier alpha value is -2.20. The Bertz CT molecular complexity index is 1030. The predicted octanol–water partition coefficient (Wildman–Crippen LogP) is 2.97. The van der Waals surface area contributed by atoms with Crippen molar-refractivity contribution in [3.8, 4) is 0 Å². The van der Waals surface area contributed by atoms with E-state index in [0.717, 1.165) is 6.42 Å². The van der Waals surface area contributed by atoms with Gasteiger partial charge in [0.1, 0.15) is 11.5 Å². The van der Waals surface area contributed by atoms with E-state index < -0.39 is 17.2 Å². The Morgan fingerprint density at radius 1 is 1.26 bits per heavy atom. The minimum Gasteiger partial charge on any atom is -0.383 e. The van der Waals surface area contributed by atoms with Crippen LogP contribution in [-0.2, 0) is 16.1 Å². The molecule has 31 heavy (non-hydrogen) atoms. The first kappa shape index (κ1) is 25.1. The van der Waals surface area contributed by atoms with E-state index in [-0.39, 0.29) is 46.9 Å². The third-order valence-electron chi connectivity index (χ3n) is 4.44. The van der Waals surface area contributed by atoms with E-state index in [1.165, 1.54) is 28.7 Å². The van der Waals surface area contributed by atoms with Crippen LogP contribution in [0.15, 0.2) is 21.7 Å². The van der Waals surface area contributed by atoms with Crippen LogP contribution in [0.1, 0.15) is 19.8 Å². The van der Waals surface area contributed by atoms with Crippen molar-refractivity contribution >= 4 is 57.9 Å². The van der Waals surface area contributed by atoms with Gasteiger partial charge in [0, 0.05) is 25.2 Å². The third kappa shape index (κ3) is 6.39. The zero-order valence-electron chi connectivity index (χ0n) is 17.1. The molecule has 0 saturated heterocycles. The molecule has 1 aromatic heterocycles.